The Labute approximate surface area is 92.7 Å². The summed E-state index contributed by atoms with van der Waals surface area (Å²) in [6.07, 6.45) is 4.37. The molecule has 1 aromatic carbocycles. The Morgan fingerprint density at radius 2 is 2.31 bits per heavy atom. The summed E-state index contributed by atoms with van der Waals surface area (Å²) in [5.74, 6) is 0. The van der Waals surface area contributed by atoms with E-state index in [2.05, 4.69) is 11.6 Å². The Balaban J connectivity index is 2.68. The number of allylic oxidation sites excluding steroid dienone is 1. The first-order valence-corrected chi connectivity index (χ1v) is 4.99. The number of H-pyrrole nitrogens is 1. The lowest BCUT2D eigenvalue weighted by atomic mass is 10.1. The Bertz CT molecular complexity index is 570. The van der Waals surface area contributed by atoms with Gasteiger partial charge in [0.15, 0.2) is 0 Å². The number of nitrogens with one attached hydrogen (secondary N) is 1. The summed E-state index contributed by atoms with van der Waals surface area (Å²) in [5, 5.41) is 11.7. The standard InChI is InChI=1S/C12H12N2O2/c1-3-4-9-7-13-11-5-8(2)12(14(15)16)6-10(9)11/h3,5-7,13H,1,4H2,2H3. The number of rotatable bonds is 3. The molecule has 0 aliphatic rings. The summed E-state index contributed by atoms with van der Waals surface area (Å²) in [6, 6.07) is 3.43. The molecule has 0 radical (unpaired) electrons. The van der Waals surface area contributed by atoms with Crippen LogP contribution in [0.25, 0.3) is 10.9 Å². The van der Waals surface area contributed by atoms with E-state index >= 15 is 0 Å². The highest BCUT2D eigenvalue weighted by molar-refractivity contribution is 5.86. The van der Waals surface area contributed by atoms with Crippen LogP contribution in [-0.4, -0.2) is 9.91 Å². The molecule has 0 unspecified atom stereocenters. The molecule has 0 amide bonds. The van der Waals surface area contributed by atoms with Crippen molar-refractivity contribution in [2.45, 2.75) is 13.3 Å². The highest BCUT2D eigenvalue weighted by atomic mass is 16.6. The second-order valence-electron chi connectivity index (χ2n) is 3.75. The van der Waals surface area contributed by atoms with Gasteiger partial charge in [0.25, 0.3) is 5.69 Å². The van der Waals surface area contributed by atoms with E-state index in [0.29, 0.717) is 12.0 Å². The first kappa shape index (κ1) is 10.4. The van der Waals surface area contributed by atoms with Gasteiger partial charge in [0.2, 0.25) is 0 Å². The van der Waals surface area contributed by atoms with E-state index in [1.54, 1.807) is 25.1 Å². The van der Waals surface area contributed by atoms with Crippen LogP contribution in [0.1, 0.15) is 11.1 Å². The van der Waals surface area contributed by atoms with Crippen molar-refractivity contribution in [1.29, 1.82) is 0 Å². The summed E-state index contributed by atoms with van der Waals surface area (Å²) < 4.78 is 0. The molecule has 0 atom stereocenters. The molecule has 1 heterocycles. The molecule has 0 saturated carbocycles. The highest BCUT2D eigenvalue weighted by Gasteiger charge is 2.13. The molecule has 82 valence electrons. The molecule has 0 aliphatic carbocycles. The number of aromatic amines is 1. The zero-order chi connectivity index (χ0) is 11.7. The lowest BCUT2D eigenvalue weighted by molar-refractivity contribution is -0.385. The van der Waals surface area contributed by atoms with Gasteiger partial charge >= 0.3 is 0 Å². The number of nitro groups is 1. The third kappa shape index (κ3) is 1.58. The van der Waals surface area contributed by atoms with Gasteiger partial charge in [0, 0.05) is 28.7 Å². The summed E-state index contributed by atoms with van der Waals surface area (Å²) in [7, 11) is 0. The van der Waals surface area contributed by atoms with Crippen molar-refractivity contribution in [2.24, 2.45) is 0 Å². The average Bonchev–Trinajstić information content (AvgIpc) is 2.60. The second-order valence-corrected chi connectivity index (χ2v) is 3.75. The number of benzene rings is 1. The molecule has 0 bridgehead atoms. The zero-order valence-corrected chi connectivity index (χ0v) is 8.99. The number of nitrogens with zero attached hydrogens (tertiary/aromatic N) is 1. The van der Waals surface area contributed by atoms with E-state index in [4.69, 9.17) is 0 Å². The summed E-state index contributed by atoms with van der Waals surface area (Å²) in [5.41, 5.74) is 2.80. The van der Waals surface area contributed by atoms with Crippen molar-refractivity contribution in [2.75, 3.05) is 0 Å². The molecule has 16 heavy (non-hydrogen) atoms. The van der Waals surface area contributed by atoms with Gasteiger partial charge < -0.3 is 4.98 Å². The van der Waals surface area contributed by atoms with Crippen LogP contribution in [0.3, 0.4) is 0 Å². The molecule has 0 saturated heterocycles. The minimum Gasteiger partial charge on any atom is -0.361 e. The van der Waals surface area contributed by atoms with E-state index in [9.17, 15) is 10.1 Å². The van der Waals surface area contributed by atoms with Gasteiger partial charge in [-0.1, -0.05) is 6.08 Å². The van der Waals surface area contributed by atoms with Crippen molar-refractivity contribution < 1.29 is 4.92 Å². The van der Waals surface area contributed by atoms with Gasteiger partial charge in [0.05, 0.1) is 4.92 Å². The quantitative estimate of drug-likeness (QED) is 0.487. The Kier molecular flexibility index (Phi) is 2.48. The maximum Gasteiger partial charge on any atom is 0.273 e. The summed E-state index contributed by atoms with van der Waals surface area (Å²) in [4.78, 5) is 13.6. The molecule has 0 aliphatic heterocycles. The predicted molar refractivity (Wildman–Crippen MR) is 63.6 cm³/mol. The maximum absolute atomic E-state index is 10.8. The average molecular weight is 216 g/mol. The highest BCUT2D eigenvalue weighted by Crippen LogP contribution is 2.27. The van der Waals surface area contributed by atoms with Crippen LogP contribution in [0.15, 0.2) is 31.0 Å². The number of nitro benzene ring substituents is 1. The SMILES string of the molecule is C=CCc1c[nH]c2cc(C)c([N+](=O)[O-])cc12. The van der Waals surface area contributed by atoms with Crippen LogP contribution >= 0.6 is 0 Å². The number of aryl methyl sites for hydroxylation is 1. The zero-order valence-electron chi connectivity index (χ0n) is 8.99. The Hall–Kier alpha value is -2.10. The van der Waals surface area contributed by atoms with Gasteiger partial charge in [-0.25, -0.2) is 0 Å². The van der Waals surface area contributed by atoms with E-state index in [-0.39, 0.29) is 10.6 Å². The van der Waals surface area contributed by atoms with Gasteiger partial charge in [-0.2, -0.15) is 0 Å². The fourth-order valence-corrected chi connectivity index (χ4v) is 1.85. The molecule has 2 rings (SSSR count). The van der Waals surface area contributed by atoms with Gasteiger partial charge in [0.1, 0.15) is 0 Å². The van der Waals surface area contributed by atoms with Crippen LogP contribution in [0.4, 0.5) is 5.69 Å². The molecular formula is C12H12N2O2. The summed E-state index contributed by atoms with van der Waals surface area (Å²) in [6.45, 7) is 5.41. The fourth-order valence-electron chi connectivity index (χ4n) is 1.85. The van der Waals surface area contributed by atoms with Gasteiger partial charge in [-0.3, -0.25) is 10.1 Å². The number of hydrogen-bond acceptors (Lipinski definition) is 2. The van der Waals surface area contributed by atoms with E-state index < -0.39 is 0 Å². The van der Waals surface area contributed by atoms with E-state index in [1.165, 1.54) is 0 Å². The molecule has 2 aromatic rings. The van der Waals surface area contributed by atoms with Gasteiger partial charge in [-0.15, -0.1) is 6.58 Å². The van der Waals surface area contributed by atoms with Gasteiger partial charge in [-0.05, 0) is 25.0 Å². The second kappa shape index (κ2) is 3.81. The first-order chi connectivity index (χ1) is 7.63. The lowest BCUT2D eigenvalue weighted by Crippen LogP contribution is -1.91. The molecule has 4 heteroatoms. The molecule has 4 nitrogen and oxygen atoms in total. The number of aromatic nitrogens is 1. The van der Waals surface area contributed by atoms with Crippen molar-refractivity contribution in [3.8, 4) is 0 Å². The molecule has 1 aromatic heterocycles. The topological polar surface area (TPSA) is 58.9 Å². The van der Waals surface area contributed by atoms with Crippen molar-refractivity contribution in [1.82, 2.24) is 4.98 Å². The van der Waals surface area contributed by atoms with Crippen LogP contribution < -0.4 is 0 Å². The van der Waals surface area contributed by atoms with Crippen molar-refractivity contribution >= 4 is 16.6 Å². The smallest absolute Gasteiger partial charge is 0.273 e. The third-order valence-electron chi connectivity index (χ3n) is 2.64. The largest absolute Gasteiger partial charge is 0.361 e. The number of fused-ring (bicyclic) bond motifs is 1. The minimum absolute atomic E-state index is 0.164. The minimum atomic E-state index is -0.348. The molecule has 0 fully saturated rings. The van der Waals surface area contributed by atoms with Crippen molar-refractivity contribution in [3.05, 3.63) is 52.2 Å². The van der Waals surface area contributed by atoms with E-state index in [1.807, 2.05) is 6.20 Å². The van der Waals surface area contributed by atoms with E-state index in [0.717, 1.165) is 16.5 Å². The van der Waals surface area contributed by atoms with Crippen LogP contribution in [0, 0.1) is 17.0 Å². The summed E-state index contributed by atoms with van der Waals surface area (Å²) >= 11 is 0. The Morgan fingerprint density at radius 3 is 2.94 bits per heavy atom. The fraction of sp³-hybridized carbons (Fsp3) is 0.167. The normalized spacial score (nSPS) is 10.6. The van der Waals surface area contributed by atoms with Crippen molar-refractivity contribution in [3.63, 3.8) is 0 Å². The monoisotopic (exact) mass is 216 g/mol. The van der Waals surface area contributed by atoms with Crippen LogP contribution in [0.5, 0.6) is 0 Å². The maximum atomic E-state index is 10.8. The Morgan fingerprint density at radius 1 is 1.56 bits per heavy atom. The molecule has 0 spiro atoms. The lowest BCUT2D eigenvalue weighted by Gasteiger charge is -1.99. The number of hydrogen-bond donors (Lipinski definition) is 1. The van der Waals surface area contributed by atoms with Crippen LogP contribution in [-0.2, 0) is 6.42 Å². The predicted octanol–water partition coefficient (Wildman–Crippen LogP) is 3.11. The first-order valence-electron chi connectivity index (χ1n) is 4.99. The molecular weight excluding hydrogens is 204 g/mol. The molecule has 1 N–H and O–H groups in total. The third-order valence-corrected chi connectivity index (χ3v) is 2.64. The van der Waals surface area contributed by atoms with Crippen LogP contribution in [0.2, 0.25) is 0 Å².